The Bertz CT molecular complexity index is 1090. The minimum atomic E-state index is -0.888. The summed E-state index contributed by atoms with van der Waals surface area (Å²) in [5, 5.41) is 12.8. The van der Waals surface area contributed by atoms with Gasteiger partial charge in [0, 0.05) is 42.7 Å². The fourth-order valence-electron chi connectivity index (χ4n) is 4.50. The van der Waals surface area contributed by atoms with Crippen molar-refractivity contribution in [2.75, 3.05) is 26.2 Å². The van der Waals surface area contributed by atoms with Gasteiger partial charge in [-0.15, -0.1) is 0 Å². The van der Waals surface area contributed by atoms with Gasteiger partial charge in [0.05, 0.1) is 0 Å². The van der Waals surface area contributed by atoms with Crippen molar-refractivity contribution in [3.05, 3.63) is 89.5 Å². The van der Waals surface area contributed by atoms with Crippen LogP contribution in [-0.2, 0) is 0 Å². The minimum absolute atomic E-state index is 0.0840. The lowest BCUT2D eigenvalue weighted by Crippen LogP contribution is -2.43. The number of carbonyl (C=O) groups excluding carboxylic acids is 1. The van der Waals surface area contributed by atoms with Crippen LogP contribution in [0.1, 0.15) is 34.1 Å². The molecule has 1 unspecified atom stereocenters. The summed E-state index contributed by atoms with van der Waals surface area (Å²) in [5.41, 5.74) is 4.19. The van der Waals surface area contributed by atoms with Crippen LogP contribution >= 0.6 is 0 Å². The van der Waals surface area contributed by atoms with Crippen LogP contribution < -0.4 is 0 Å². The molecule has 4 nitrogen and oxygen atoms in total. The van der Waals surface area contributed by atoms with Gasteiger partial charge in [-0.2, -0.15) is 0 Å². The summed E-state index contributed by atoms with van der Waals surface area (Å²) in [5.74, 6) is -0.0840. The fourth-order valence-corrected chi connectivity index (χ4v) is 4.50. The number of hydrogen-bond donors (Lipinski definition) is 1. The number of aliphatic hydroxyl groups is 1. The zero-order valence-electron chi connectivity index (χ0n) is 16.3. The number of benzene rings is 3. The Morgan fingerprint density at radius 2 is 1.72 bits per heavy atom. The summed E-state index contributed by atoms with van der Waals surface area (Å²) in [4.78, 5) is 17.0. The summed E-state index contributed by atoms with van der Waals surface area (Å²) in [7, 11) is 0. The molecular weight excluding hydrogens is 360 g/mol. The van der Waals surface area contributed by atoms with Gasteiger partial charge in [-0.25, -0.2) is 0 Å². The second-order valence-corrected chi connectivity index (χ2v) is 7.77. The maximum absolute atomic E-state index is 13.1. The third kappa shape index (κ3) is 3.24. The van der Waals surface area contributed by atoms with Crippen LogP contribution in [0.25, 0.3) is 16.3 Å². The number of carbonyl (C=O) groups is 1. The molecule has 1 amide bonds. The van der Waals surface area contributed by atoms with Crippen molar-refractivity contribution in [3.8, 4) is 0 Å². The van der Waals surface area contributed by atoms with Crippen LogP contribution in [0.2, 0.25) is 0 Å². The summed E-state index contributed by atoms with van der Waals surface area (Å²) < 4.78 is 0. The first-order valence-corrected chi connectivity index (χ1v) is 10.2. The first-order chi connectivity index (χ1) is 14.2. The van der Waals surface area contributed by atoms with E-state index in [0.29, 0.717) is 12.1 Å². The molecule has 146 valence electrons. The monoisotopic (exact) mass is 384 g/mol. The molecule has 0 saturated carbocycles. The second kappa shape index (κ2) is 7.47. The number of nitrogens with zero attached hydrogens (tertiary/aromatic N) is 2. The van der Waals surface area contributed by atoms with E-state index < -0.39 is 6.23 Å². The summed E-state index contributed by atoms with van der Waals surface area (Å²) in [6.45, 7) is 3.10. The Hall–Kier alpha value is -2.95. The van der Waals surface area contributed by atoms with E-state index >= 15 is 0 Å². The fraction of sp³-hybridized carbons (Fsp3) is 0.240. The average Bonchev–Trinajstić information content (AvgIpc) is 2.78. The molecule has 0 spiro atoms. The van der Waals surface area contributed by atoms with Gasteiger partial charge in [0.15, 0.2) is 6.23 Å². The lowest BCUT2D eigenvalue weighted by atomic mass is 9.93. The maximum atomic E-state index is 13.1. The molecular formula is C25H24N2O2. The van der Waals surface area contributed by atoms with Crippen molar-refractivity contribution in [1.82, 2.24) is 9.80 Å². The molecule has 3 aromatic rings. The Labute approximate surface area is 170 Å². The molecule has 2 heterocycles. The van der Waals surface area contributed by atoms with Gasteiger partial charge in [-0.05, 0) is 29.0 Å². The standard InChI is InChI=1S/C25H24N2O2/c28-24-21-10-4-8-20-9-5-11-22(23(20)21)25(29)27(24)17-16-26-14-12-19(13-15-26)18-6-2-1-3-7-18/h1-12,24,28H,13-17H2. The van der Waals surface area contributed by atoms with Crippen molar-refractivity contribution in [2.45, 2.75) is 12.6 Å². The second-order valence-electron chi connectivity index (χ2n) is 7.77. The summed E-state index contributed by atoms with van der Waals surface area (Å²) in [6.07, 6.45) is 2.40. The molecule has 5 rings (SSSR count). The highest BCUT2D eigenvalue weighted by atomic mass is 16.3. The predicted molar refractivity (Wildman–Crippen MR) is 115 cm³/mol. The minimum Gasteiger partial charge on any atom is -0.369 e. The molecule has 0 saturated heterocycles. The van der Waals surface area contributed by atoms with Crippen molar-refractivity contribution in [2.24, 2.45) is 0 Å². The van der Waals surface area contributed by atoms with Crippen LogP contribution in [0.4, 0.5) is 0 Å². The molecule has 0 aliphatic carbocycles. The van der Waals surface area contributed by atoms with Gasteiger partial charge < -0.3 is 10.0 Å². The number of amides is 1. The third-order valence-corrected chi connectivity index (χ3v) is 6.10. The Balaban J connectivity index is 1.30. The van der Waals surface area contributed by atoms with E-state index in [2.05, 4.69) is 35.2 Å². The SMILES string of the molecule is O=C1c2cccc3cccc(c23)C(O)N1CCN1CC=C(c2ccccc2)CC1. The van der Waals surface area contributed by atoms with Crippen LogP contribution in [0.5, 0.6) is 0 Å². The zero-order valence-corrected chi connectivity index (χ0v) is 16.3. The van der Waals surface area contributed by atoms with Crippen LogP contribution in [0, 0.1) is 0 Å². The van der Waals surface area contributed by atoms with Gasteiger partial charge in [0.1, 0.15) is 0 Å². The topological polar surface area (TPSA) is 43.8 Å². The number of rotatable bonds is 4. The zero-order chi connectivity index (χ0) is 19.8. The molecule has 0 bridgehead atoms. The summed E-state index contributed by atoms with van der Waals surface area (Å²) >= 11 is 0. The molecule has 0 fully saturated rings. The molecule has 1 atom stereocenters. The lowest BCUT2D eigenvalue weighted by Gasteiger charge is -2.36. The van der Waals surface area contributed by atoms with E-state index in [4.69, 9.17) is 0 Å². The largest absolute Gasteiger partial charge is 0.369 e. The average molecular weight is 384 g/mol. The normalized spacial score (nSPS) is 19.5. The predicted octanol–water partition coefficient (Wildman–Crippen LogP) is 4.08. The number of aliphatic hydroxyl groups excluding tert-OH is 1. The maximum Gasteiger partial charge on any atom is 0.256 e. The molecule has 2 aliphatic rings. The van der Waals surface area contributed by atoms with Crippen molar-refractivity contribution in [1.29, 1.82) is 0 Å². The van der Waals surface area contributed by atoms with E-state index in [-0.39, 0.29) is 5.91 Å². The van der Waals surface area contributed by atoms with Gasteiger partial charge in [0.2, 0.25) is 0 Å². The van der Waals surface area contributed by atoms with Gasteiger partial charge in [-0.1, -0.05) is 66.7 Å². The van der Waals surface area contributed by atoms with Gasteiger partial charge >= 0.3 is 0 Å². The Morgan fingerprint density at radius 1 is 0.931 bits per heavy atom. The highest BCUT2D eigenvalue weighted by molar-refractivity contribution is 6.10. The first kappa shape index (κ1) is 18.1. The van der Waals surface area contributed by atoms with Crippen molar-refractivity contribution >= 4 is 22.3 Å². The molecule has 2 aliphatic heterocycles. The molecule has 1 N–H and O–H groups in total. The highest BCUT2D eigenvalue weighted by Crippen LogP contribution is 2.35. The molecule has 0 aromatic heterocycles. The Morgan fingerprint density at radius 3 is 2.48 bits per heavy atom. The lowest BCUT2D eigenvalue weighted by molar-refractivity contribution is 0.00153. The quantitative estimate of drug-likeness (QED) is 0.737. The molecule has 3 aromatic carbocycles. The van der Waals surface area contributed by atoms with Crippen LogP contribution in [-0.4, -0.2) is 47.0 Å². The molecule has 4 heteroatoms. The van der Waals surface area contributed by atoms with E-state index in [0.717, 1.165) is 42.4 Å². The van der Waals surface area contributed by atoms with Crippen LogP contribution in [0.3, 0.4) is 0 Å². The van der Waals surface area contributed by atoms with Crippen molar-refractivity contribution in [3.63, 3.8) is 0 Å². The molecule has 29 heavy (non-hydrogen) atoms. The van der Waals surface area contributed by atoms with Crippen LogP contribution in [0.15, 0.2) is 72.8 Å². The third-order valence-electron chi connectivity index (χ3n) is 6.10. The van der Waals surface area contributed by atoms with E-state index in [1.165, 1.54) is 11.1 Å². The van der Waals surface area contributed by atoms with Gasteiger partial charge in [0.25, 0.3) is 5.91 Å². The smallest absolute Gasteiger partial charge is 0.256 e. The molecule has 0 radical (unpaired) electrons. The van der Waals surface area contributed by atoms with E-state index in [9.17, 15) is 9.90 Å². The van der Waals surface area contributed by atoms with E-state index in [1.807, 2.05) is 42.5 Å². The first-order valence-electron chi connectivity index (χ1n) is 10.2. The summed E-state index contributed by atoms with van der Waals surface area (Å²) in [6, 6.07) is 22.1. The van der Waals surface area contributed by atoms with Gasteiger partial charge in [-0.3, -0.25) is 9.69 Å². The van der Waals surface area contributed by atoms with E-state index in [1.54, 1.807) is 4.90 Å². The Kier molecular flexibility index (Phi) is 4.66. The number of hydrogen-bond acceptors (Lipinski definition) is 3. The highest BCUT2D eigenvalue weighted by Gasteiger charge is 2.32. The van der Waals surface area contributed by atoms with Crippen molar-refractivity contribution < 1.29 is 9.90 Å².